The first-order valence-electron chi connectivity index (χ1n) is 7.64. The Morgan fingerprint density at radius 1 is 1.08 bits per heavy atom. The molecular formula is C18H14ClN5O. The summed E-state index contributed by atoms with van der Waals surface area (Å²) in [6, 6.07) is 17.4. The van der Waals surface area contributed by atoms with E-state index in [0.29, 0.717) is 29.3 Å². The number of anilines is 1. The maximum Gasteiger partial charge on any atom is 0.181 e. The van der Waals surface area contributed by atoms with Crippen molar-refractivity contribution in [2.75, 3.05) is 5.73 Å². The molecule has 0 aliphatic rings. The molecule has 25 heavy (non-hydrogen) atoms. The molecule has 0 atom stereocenters. The van der Waals surface area contributed by atoms with Crippen molar-refractivity contribution in [3.63, 3.8) is 0 Å². The van der Waals surface area contributed by atoms with Crippen molar-refractivity contribution in [2.45, 2.75) is 6.61 Å². The fraction of sp³-hybridized carbons (Fsp3) is 0.0556. The molecule has 3 N–H and O–H groups in total. The molecule has 0 spiro atoms. The number of fused-ring (bicyclic) bond motifs is 1. The normalized spacial score (nSPS) is 10.9. The van der Waals surface area contributed by atoms with E-state index in [1.807, 2.05) is 48.5 Å². The minimum absolute atomic E-state index is 0.350. The largest absolute Gasteiger partial charge is 0.486 e. The van der Waals surface area contributed by atoms with E-state index >= 15 is 0 Å². The minimum Gasteiger partial charge on any atom is -0.486 e. The molecule has 0 saturated carbocycles. The van der Waals surface area contributed by atoms with Crippen LogP contribution in [0.2, 0.25) is 5.02 Å². The molecule has 0 radical (unpaired) electrons. The zero-order valence-corrected chi connectivity index (χ0v) is 13.9. The number of H-pyrrole nitrogens is 1. The van der Waals surface area contributed by atoms with Crippen LogP contribution in [0.1, 0.15) is 5.56 Å². The van der Waals surface area contributed by atoms with Crippen molar-refractivity contribution >= 4 is 28.6 Å². The van der Waals surface area contributed by atoms with Crippen LogP contribution in [0, 0.1) is 0 Å². The van der Waals surface area contributed by atoms with Crippen LogP contribution >= 0.6 is 11.6 Å². The van der Waals surface area contributed by atoms with Crippen molar-refractivity contribution in [2.24, 2.45) is 0 Å². The minimum atomic E-state index is 0.350. The first kappa shape index (κ1) is 15.4. The van der Waals surface area contributed by atoms with Crippen molar-refractivity contribution < 1.29 is 4.74 Å². The average molecular weight is 352 g/mol. The number of benzene rings is 2. The van der Waals surface area contributed by atoms with Gasteiger partial charge in [0.2, 0.25) is 0 Å². The summed E-state index contributed by atoms with van der Waals surface area (Å²) in [4.78, 5) is 4.11. The quantitative estimate of drug-likeness (QED) is 0.583. The lowest BCUT2D eigenvalue weighted by Crippen LogP contribution is -1.99. The van der Waals surface area contributed by atoms with Gasteiger partial charge in [0.25, 0.3) is 0 Å². The third-order valence-electron chi connectivity index (χ3n) is 3.82. The van der Waals surface area contributed by atoms with E-state index in [1.165, 1.54) is 0 Å². The van der Waals surface area contributed by atoms with Gasteiger partial charge in [0.05, 0.1) is 0 Å². The van der Waals surface area contributed by atoms with Crippen LogP contribution in [0.3, 0.4) is 0 Å². The molecule has 6 nitrogen and oxygen atoms in total. The van der Waals surface area contributed by atoms with E-state index in [1.54, 1.807) is 6.07 Å². The maximum absolute atomic E-state index is 6.24. The van der Waals surface area contributed by atoms with Gasteiger partial charge in [-0.25, -0.2) is 10.1 Å². The van der Waals surface area contributed by atoms with Crippen LogP contribution < -0.4 is 10.5 Å². The summed E-state index contributed by atoms with van der Waals surface area (Å²) in [5, 5.41) is 11.1. The predicted molar refractivity (Wildman–Crippen MR) is 97.3 cm³/mol. The van der Waals surface area contributed by atoms with Gasteiger partial charge in [-0.3, -0.25) is 0 Å². The smallest absolute Gasteiger partial charge is 0.181 e. The number of ether oxygens (including phenoxy) is 1. The molecule has 0 saturated heterocycles. The Hall–Kier alpha value is -3.12. The highest BCUT2D eigenvalue weighted by atomic mass is 35.5. The molecule has 7 heteroatoms. The molecule has 2 heterocycles. The molecule has 4 rings (SSSR count). The van der Waals surface area contributed by atoms with Crippen molar-refractivity contribution in [3.05, 3.63) is 65.2 Å². The number of halogens is 1. The third kappa shape index (κ3) is 3.12. The fourth-order valence-corrected chi connectivity index (χ4v) is 2.82. The number of hydrogen-bond donors (Lipinski definition) is 2. The first-order chi connectivity index (χ1) is 12.2. The van der Waals surface area contributed by atoms with Gasteiger partial charge in [0.15, 0.2) is 16.9 Å². The number of nitrogens with two attached hydrogens (primary N) is 1. The lowest BCUT2D eigenvalue weighted by molar-refractivity contribution is 0.309. The van der Waals surface area contributed by atoms with E-state index in [-0.39, 0.29) is 0 Å². The highest BCUT2D eigenvalue weighted by molar-refractivity contribution is 6.33. The second-order valence-corrected chi connectivity index (χ2v) is 5.93. The van der Waals surface area contributed by atoms with Gasteiger partial charge in [-0.1, -0.05) is 59.3 Å². The van der Waals surface area contributed by atoms with Crippen molar-refractivity contribution in [3.8, 4) is 16.9 Å². The number of aromatic nitrogens is 4. The number of rotatable bonds is 4. The van der Waals surface area contributed by atoms with Gasteiger partial charge in [-0.15, -0.1) is 5.10 Å². The predicted octanol–water partition coefficient (Wildman–Crippen LogP) is 3.83. The lowest BCUT2D eigenvalue weighted by Gasteiger charge is -2.09. The van der Waals surface area contributed by atoms with Crippen LogP contribution in [0.25, 0.3) is 22.3 Å². The summed E-state index contributed by atoms with van der Waals surface area (Å²) >= 11 is 6.24. The Balaban J connectivity index is 1.54. The van der Waals surface area contributed by atoms with Crippen LogP contribution in [0.5, 0.6) is 5.75 Å². The number of nitrogens with zero attached hydrogens (tertiary/aromatic N) is 3. The molecule has 0 unspecified atom stereocenters. The van der Waals surface area contributed by atoms with E-state index in [0.717, 1.165) is 21.7 Å². The number of nitrogens with one attached hydrogen (secondary N) is 1. The monoisotopic (exact) mass is 351 g/mol. The van der Waals surface area contributed by atoms with Gasteiger partial charge in [0.1, 0.15) is 12.4 Å². The number of hydrogen-bond acceptors (Lipinski definition) is 5. The SMILES string of the molecule is Nc1cc(OCc2ccc(-c3ccccc3Cl)cc2)c2nn[nH]c2n1. The first-order valence-corrected chi connectivity index (χ1v) is 8.02. The average Bonchev–Trinajstić information content (AvgIpc) is 3.09. The lowest BCUT2D eigenvalue weighted by atomic mass is 10.0. The summed E-state index contributed by atoms with van der Waals surface area (Å²) in [6.45, 7) is 0.383. The molecule has 0 aliphatic carbocycles. The highest BCUT2D eigenvalue weighted by Crippen LogP contribution is 2.28. The molecular weight excluding hydrogens is 338 g/mol. The van der Waals surface area contributed by atoms with Crippen LogP contribution in [0.4, 0.5) is 5.82 Å². The van der Waals surface area contributed by atoms with Crippen molar-refractivity contribution in [1.82, 2.24) is 20.4 Å². The number of pyridine rings is 1. The van der Waals surface area contributed by atoms with Crippen molar-refractivity contribution in [1.29, 1.82) is 0 Å². The number of nitrogen functional groups attached to an aromatic ring is 1. The second-order valence-electron chi connectivity index (χ2n) is 5.52. The van der Waals surface area contributed by atoms with Crippen LogP contribution in [-0.4, -0.2) is 20.4 Å². The van der Waals surface area contributed by atoms with Gasteiger partial charge in [-0.05, 0) is 17.2 Å². The zero-order chi connectivity index (χ0) is 17.2. The van der Waals surface area contributed by atoms with Gasteiger partial charge < -0.3 is 10.5 Å². The molecule has 0 bridgehead atoms. The summed E-state index contributed by atoms with van der Waals surface area (Å²) in [7, 11) is 0. The second kappa shape index (κ2) is 6.41. The maximum atomic E-state index is 6.24. The summed E-state index contributed by atoms with van der Waals surface area (Å²) in [6.07, 6.45) is 0. The van der Waals surface area contributed by atoms with E-state index in [2.05, 4.69) is 20.4 Å². The Kier molecular flexibility index (Phi) is 3.95. The molecule has 124 valence electrons. The Labute approximate surface area is 148 Å². The molecule has 0 amide bonds. The summed E-state index contributed by atoms with van der Waals surface area (Å²) in [5.74, 6) is 0.897. The van der Waals surface area contributed by atoms with Gasteiger partial charge >= 0.3 is 0 Å². The highest BCUT2D eigenvalue weighted by Gasteiger charge is 2.09. The van der Waals surface area contributed by atoms with E-state index in [9.17, 15) is 0 Å². The molecule has 4 aromatic rings. The number of aromatic amines is 1. The Morgan fingerprint density at radius 3 is 2.68 bits per heavy atom. The molecule has 0 aliphatic heterocycles. The van der Waals surface area contributed by atoms with E-state index in [4.69, 9.17) is 22.1 Å². The van der Waals surface area contributed by atoms with Crippen LogP contribution in [-0.2, 0) is 6.61 Å². The molecule has 2 aromatic carbocycles. The Morgan fingerprint density at radius 2 is 1.88 bits per heavy atom. The zero-order valence-electron chi connectivity index (χ0n) is 13.1. The fourth-order valence-electron chi connectivity index (χ4n) is 2.58. The van der Waals surface area contributed by atoms with Crippen LogP contribution in [0.15, 0.2) is 54.6 Å². The standard InChI is InChI=1S/C18H14ClN5O/c19-14-4-2-1-3-13(14)12-7-5-11(6-8-12)10-25-15-9-16(20)21-18-17(15)22-24-23-18/h1-9H,10H2,(H3,20,21,22,23,24). The Bertz CT molecular complexity index is 1030. The molecule has 0 fully saturated rings. The van der Waals surface area contributed by atoms with Gasteiger partial charge in [0, 0.05) is 16.7 Å². The summed E-state index contributed by atoms with van der Waals surface area (Å²) in [5.41, 5.74) is 9.91. The van der Waals surface area contributed by atoms with Gasteiger partial charge in [-0.2, -0.15) is 0 Å². The third-order valence-corrected chi connectivity index (χ3v) is 4.15. The topological polar surface area (TPSA) is 89.7 Å². The summed E-state index contributed by atoms with van der Waals surface area (Å²) < 4.78 is 5.85. The van der Waals surface area contributed by atoms with E-state index < -0.39 is 0 Å². The molecule has 2 aromatic heterocycles.